The van der Waals surface area contributed by atoms with E-state index in [4.69, 9.17) is 9.47 Å². The molecule has 1 aliphatic heterocycles. The summed E-state index contributed by atoms with van der Waals surface area (Å²) in [7, 11) is 0. The van der Waals surface area contributed by atoms with Gasteiger partial charge in [0.2, 0.25) is 0 Å². The Morgan fingerprint density at radius 1 is 0.967 bits per heavy atom. The first kappa shape index (κ1) is 20.8. The first-order chi connectivity index (χ1) is 14.7. The highest BCUT2D eigenvalue weighted by Crippen LogP contribution is 2.26. The fourth-order valence-electron chi connectivity index (χ4n) is 3.48. The smallest absolute Gasteiger partial charge is 0.124 e. The second-order valence-corrected chi connectivity index (χ2v) is 8.44. The van der Waals surface area contributed by atoms with Gasteiger partial charge in [-0.25, -0.2) is 0 Å². The first-order valence-electron chi connectivity index (χ1n) is 10.3. The van der Waals surface area contributed by atoms with E-state index in [0.717, 1.165) is 47.8 Å². The monoisotopic (exact) mass is 466 g/mol. The minimum Gasteiger partial charge on any atom is -0.489 e. The van der Waals surface area contributed by atoms with Crippen LogP contribution in [0.3, 0.4) is 0 Å². The summed E-state index contributed by atoms with van der Waals surface area (Å²) < 4.78 is 12.6. The number of aryl methyl sites for hydroxylation is 1. The molecular formula is C25H27BrN2O2. The molecule has 1 heterocycles. The molecule has 0 bridgehead atoms. The van der Waals surface area contributed by atoms with E-state index >= 15 is 0 Å². The molecule has 3 aromatic carbocycles. The molecule has 0 radical (unpaired) electrons. The molecule has 5 heteroatoms. The van der Waals surface area contributed by atoms with Gasteiger partial charge in [-0.1, -0.05) is 45.8 Å². The molecule has 1 aliphatic rings. The number of hydrogen-bond donors (Lipinski definition) is 1. The SMILES string of the molecule is Cc1ccc(COc2ccc(Br)cc2CNc2ccc(N3CCOCC3)cc2)cc1. The number of rotatable bonds is 7. The van der Waals surface area contributed by atoms with E-state index in [9.17, 15) is 0 Å². The van der Waals surface area contributed by atoms with Gasteiger partial charge < -0.3 is 19.7 Å². The number of benzene rings is 3. The lowest BCUT2D eigenvalue weighted by Crippen LogP contribution is -2.36. The zero-order valence-corrected chi connectivity index (χ0v) is 18.8. The van der Waals surface area contributed by atoms with Crippen LogP contribution in [0.1, 0.15) is 16.7 Å². The van der Waals surface area contributed by atoms with Crippen molar-refractivity contribution in [1.29, 1.82) is 0 Å². The van der Waals surface area contributed by atoms with Crippen LogP contribution in [0.2, 0.25) is 0 Å². The van der Waals surface area contributed by atoms with Gasteiger partial charge in [-0.2, -0.15) is 0 Å². The third-order valence-electron chi connectivity index (χ3n) is 5.26. The van der Waals surface area contributed by atoms with Crippen molar-refractivity contribution in [2.45, 2.75) is 20.1 Å². The minimum absolute atomic E-state index is 0.559. The normalized spacial score (nSPS) is 13.9. The quantitative estimate of drug-likeness (QED) is 0.477. The fraction of sp³-hybridized carbons (Fsp3) is 0.280. The number of nitrogens with one attached hydrogen (secondary N) is 1. The average molecular weight is 467 g/mol. The van der Waals surface area contributed by atoms with Crippen LogP contribution in [0.5, 0.6) is 5.75 Å². The van der Waals surface area contributed by atoms with Crippen LogP contribution < -0.4 is 15.0 Å². The number of nitrogens with zero attached hydrogens (tertiary/aromatic N) is 1. The van der Waals surface area contributed by atoms with Crippen LogP contribution >= 0.6 is 15.9 Å². The average Bonchev–Trinajstić information content (AvgIpc) is 2.79. The molecule has 4 nitrogen and oxygen atoms in total. The molecule has 0 atom stereocenters. The number of hydrogen-bond acceptors (Lipinski definition) is 4. The summed E-state index contributed by atoms with van der Waals surface area (Å²) in [5.41, 5.74) is 5.88. The molecule has 4 rings (SSSR count). The van der Waals surface area contributed by atoms with Crippen molar-refractivity contribution >= 4 is 27.3 Å². The molecule has 0 saturated carbocycles. The lowest BCUT2D eigenvalue weighted by molar-refractivity contribution is 0.122. The highest BCUT2D eigenvalue weighted by molar-refractivity contribution is 9.10. The Labute approximate surface area is 186 Å². The maximum atomic E-state index is 6.13. The van der Waals surface area contributed by atoms with Crippen LogP contribution in [-0.2, 0) is 17.9 Å². The summed E-state index contributed by atoms with van der Waals surface area (Å²) in [5.74, 6) is 0.899. The molecular weight excluding hydrogens is 440 g/mol. The second-order valence-electron chi connectivity index (χ2n) is 7.53. The van der Waals surface area contributed by atoms with Gasteiger partial charge in [-0.05, 0) is 55.0 Å². The van der Waals surface area contributed by atoms with Crippen molar-refractivity contribution in [2.75, 3.05) is 36.5 Å². The highest BCUT2D eigenvalue weighted by Gasteiger charge is 2.11. The van der Waals surface area contributed by atoms with Crippen LogP contribution in [-0.4, -0.2) is 26.3 Å². The number of ether oxygens (including phenoxy) is 2. The Kier molecular flexibility index (Phi) is 6.92. The van der Waals surface area contributed by atoms with E-state index in [-0.39, 0.29) is 0 Å². The van der Waals surface area contributed by atoms with Gasteiger partial charge >= 0.3 is 0 Å². The Morgan fingerprint density at radius 3 is 2.43 bits per heavy atom. The third kappa shape index (κ3) is 5.55. The van der Waals surface area contributed by atoms with Crippen LogP contribution in [0.4, 0.5) is 11.4 Å². The van der Waals surface area contributed by atoms with E-state index in [1.54, 1.807) is 0 Å². The first-order valence-corrected chi connectivity index (χ1v) is 11.1. The van der Waals surface area contributed by atoms with Crippen molar-refractivity contribution in [2.24, 2.45) is 0 Å². The Hall–Kier alpha value is -2.50. The standard InChI is InChI=1S/C25H27BrN2O2/c1-19-2-4-20(5-3-19)18-30-25-11-6-22(26)16-21(25)17-27-23-7-9-24(10-8-23)28-12-14-29-15-13-28/h2-11,16,27H,12-15,17-18H2,1H3. The summed E-state index contributed by atoms with van der Waals surface area (Å²) in [6.45, 7) is 6.85. The van der Waals surface area contributed by atoms with E-state index in [0.29, 0.717) is 13.2 Å². The molecule has 3 aromatic rings. The maximum Gasteiger partial charge on any atom is 0.124 e. The number of anilines is 2. The van der Waals surface area contributed by atoms with Crippen LogP contribution in [0.25, 0.3) is 0 Å². The zero-order chi connectivity index (χ0) is 20.8. The summed E-state index contributed by atoms with van der Waals surface area (Å²) >= 11 is 3.58. The van der Waals surface area contributed by atoms with Crippen molar-refractivity contribution < 1.29 is 9.47 Å². The van der Waals surface area contributed by atoms with E-state index < -0.39 is 0 Å². The van der Waals surface area contributed by atoms with Gasteiger partial charge in [0, 0.05) is 41.0 Å². The van der Waals surface area contributed by atoms with Gasteiger partial charge in [0.15, 0.2) is 0 Å². The second kappa shape index (κ2) is 10.0. The zero-order valence-electron chi connectivity index (χ0n) is 17.2. The third-order valence-corrected chi connectivity index (χ3v) is 5.76. The topological polar surface area (TPSA) is 33.7 Å². The van der Waals surface area contributed by atoms with Crippen LogP contribution in [0.15, 0.2) is 71.2 Å². The van der Waals surface area contributed by atoms with Crippen molar-refractivity contribution in [3.63, 3.8) is 0 Å². The van der Waals surface area contributed by atoms with Gasteiger partial charge in [0.1, 0.15) is 12.4 Å². The molecule has 0 aromatic heterocycles. The van der Waals surface area contributed by atoms with Crippen LogP contribution in [0, 0.1) is 6.92 Å². The van der Waals surface area contributed by atoms with E-state index in [1.807, 2.05) is 12.1 Å². The molecule has 0 amide bonds. The summed E-state index contributed by atoms with van der Waals surface area (Å²) in [6, 6.07) is 23.2. The molecule has 1 saturated heterocycles. The fourth-order valence-corrected chi connectivity index (χ4v) is 3.89. The molecule has 156 valence electrons. The van der Waals surface area contributed by atoms with Gasteiger partial charge in [-0.15, -0.1) is 0 Å². The van der Waals surface area contributed by atoms with Gasteiger partial charge in [0.25, 0.3) is 0 Å². The molecule has 0 aliphatic carbocycles. The summed E-state index contributed by atoms with van der Waals surface area (Å²) in [6.07, 6.45) is 0. The lowest BCUT2D eigenvalue weighted by Gasteiger charge is -2.29. The predicted molar refractivity (Wildman–Crippen MR) is 126 cm³/mol. The van der Waals surface area contributed by atoms with E-state index in [1.165, 1.54) is 16.8 Å². The summed E-state index contributed by atoms with van der Waals surface area (Å²) in [4.78, 5) is 2.36. The van der Waals surface area contributed by atoms with Gasteiger partial charge in [-0.3, -0.25) is 0 Å². The Morgan fingerprint density at radius 2 is 1.70 bits per heavy atom. The molecule has 30 heavy (non-hydrogen) atoms. The molecule has 0 unspecified atom stereocenters. The van der Waals surface area contributed by atoms with Crippen molar-refractivity contribution in [3.8, 4) is 5.75 Å². The van der Waals surface area contributed by atoms with Crippen molar-refractivity contribution in [1.82, 2.24) is 0 Å². The Bertz CT molecular complexity index is 952. The van der Waals surface area contributed by atoms with E-state index in [2.05, 4.69) is 87.7 Å². The largest absolute Gasteiger partial charge is 0.489 e. The number of morpholine rings is 1. The Balaban J connectivity index is 1.38. The molecule has 1 fully saturated rings. The summed E-state index contributed by atoms with van der Waals surface area (Å²) in [5, 5.41) is 3.52. The predicted octanol–water partition coefficient (Wildman–Crippen LogP) is 5.79. The van der Waals surface area contributed by atoms with Gasteiger partial charge in [0.05, 0.1) is 13.2 Å². The molecule has 1 N–H and O–H groups in total. The highest BCUT2D eigenvalue weighted by atomic mass is 79.9. The maximum absolute atomic E-state index is 6.13. The lowest BCUT2D eigenvalue weighted by atomic mass is 10.1. The molecule has 0 spiro atoms. The minimum atomic E-state index is 0.559. The van der Waals surface area contributed by atoms with Crippen molar-refractivity contribution in [3.05, 3.63) is 87.9 Å². The number of halogens is 1.